The summed E-state index contributed by atoms with van der Waals surface area (Å²) in [7, 11) is 1.06. The topological polar surface area (TPSA) is 54.4 Å². The highest BCUT2D eigenvalue weighted by atomic mass is 35.7. The second-order valence-electron chi connectivity index (χ2n) is 2.47. The van der Waals surface area contributed by atoms with Crippen molar-refractivity contribution in [3.8, 4) is 0 Å². The van der Waals surface area contributed by atoms with Gasteiger partial charge in [0.2, 0.25) is 9.05 Å². The first-order valence-electron chi connectivity index (χ1n) is 3.15. The minimum absolute atomic E-state index is 0.175. The summed E-state index contributed by atoms with van der Waals surface area (Å²) in [5.41, 5.74) is 0. The van der Waals surface area contributed by atoms with Crippen LogP contribution >= 0.6 is 33.9 Å². The van der Waals surface area contributed by atoms with Gasteiger partial charge in [-0.25, -0.2) is 8.42 Å². The van der Waals surface area contributed by atoms with Gasteiger partial charge < -0.3 is 5.11 Å². The molecule has 74 valence electrons. The first-order valence-corrected chi connectivity index (χ1v) is 6.28. The summed E-state index contributed by atoms with van der Waals surface area (Å²) in [6.45, 7) is 0. The van der Waals surface area contributed by atoms with Crippen molar-refractivity contribution in [1.82, 2.24) is 0 Å². The fourth-order valence-electron chi connectivity index (χ4n) is 0.902. The minimum Gasteiger partial charge on any atom is -0.369 e. The van der Waals surface area contributed by atoms with Gasteiger partial charge in [-0.1, -0.05) is 35.4 Å². The van der Waals surface area contributed by atoms with E-state index in [1.54, 1.807) is 0 Å². The number of allylic oxidation sites excluding steroid dienone is 2. The van der Waals surface area contributed by atoms with Gasteiger partial charge in [-0.2, -0.15) is 0 Å². The van der Waals surface area contributed by atoms with Crippen LogP contribution in [-0.4, -0.2) is 23.8 Å². The predicted octanol–water partition coefficient (Wildman–Crippen LogP) is 1.54. The van der Waals surface area contributed by atoms with Gasteiger partial charge >= 0.3 is 0 Å². The molecule has 2 unspecified atom stereocenters. The zero-order valence-electron chi connectivity index (χ0n) is 6.12. The second kappa shape index (κ2) is 3.44. The van der Waals surface area contributed by atoms with E-state index >= 15 is 0 Å². The number of rotatable bonds is 1. The van der Waals surface area contributed by atoms with Crippen LogP contribution in [0.2, 0.25) is 0 Å². The molecule has 0 amide bonds. The van der Waals surface area contributed by atoms with Crippen molar-refractivity contribution < 1.29 is 13.5 Å². The van der Waals surface area contributed by atoms with Gasteiger partial charge in [0, 0.05) is 10.7 Å². The van der Waals surface area contributed by atoms with E-state index in [9.17, 15) is 13.5 Å². The van der Waals surface area contributed by atoms with Crippen molar-refractivity contribution in [2.75, 3.05) is 0 Å². The first-order chi connectivity index (χ1) is 5.76. The number of alkyl halides is 1. The van der Waals surface area contributed by atoms with Crippen LogP contribution in [0.15, 0.2) is 23.3 Å². The molecule has 0 aromatic heterocycles. The Morgan fingerprint density at radius 2 is 2.08 bits per heavy atom. The number of aliphatic hydroxyl groups is 1. The average molecular weight is 264 g/mol. The molecule has 0 radical (unpaired) electrons. The Bertz CT molecular complexity index is 369. The highest BCUT2D eigenvalue weighted by Crippen LogP contribution is 2.37. The van der Waals surface area contributed by atoms with E-state index in [4.69, 9.17) is 33.9 Å². The Labute approximate surface area is 90.0 Å². The van der Waals surface area contributed by atoms with E-state index in [1.807, 2.05) is 0 Å². The highest BCUT2D eigenvalue weighted by Gasteiger charge is 2.45. The van der Waals surface area contributed by atoms with E-state index in [0.29, 0.717) is 0 Å². The van der Waals surface area contributed by atoms with Crippen LogP contribution in [0.5, 0.6) is 0 Å². The third-order valence-corrected chi connectivity index (χ3v) is 4.30. The normalized spacial score (nSPS) is 34.5. The molecular formula is C6H5Cl3O3S. The predicted molar refractivity (Wildman–Crippen MR) is 52.4 cm³/mol. The Hall–Kier alpha value is 0.260. The van der Waals surface area contributed by atoms with E-state index in [0.717, 1.165) is 0 Å². The first kappa shape index (κ1) is 11.3. The van der Waals surface area contributed by atoms with Gasteiger partial charge in [-0.15, -0.1) is 0 Å². The Kier molecular flexibility index (Phi) is 3.00. The molecule has 0 saturated carbocycles. The molecular weight excluding hydrogens is 258 g/mol. The van der Waals surface area contributed by atoms with E-state index in [2.05, 4.69) is 0 Å². The molecule has 0 saturated heterocycles. The summed E-state index contributed by atoms with van der Waals surface area (Å²) in [4.78, 5) is 0. The maximum Gasteiger partial charge on any atom is 0.243 e. The van der Waals surface area contributed by atoms with Crippen molar-refractivity contribution in [2.45, 2.75) is 10.3 Å². The lowest BCUT2D eigenvalue weighted by atomic mass is 10.1. The fraction of sp³-hybridized carbons (Fsp3) is 0.333. The lowest BCUT2D eigenvalue weighted by molar-refractivity contribution is 0.179. The zero-order valence-corrected chi connectivity index (χ0v) is 9.20. The molecule has 1 aliphatic rings. The zero-order chi connectivity index (χ0) is 10.3. The van der Waals surface area contributed by atoms with Crippen LogP contribution in [-0.2, 0) is 9.05 Å². The third kappa shape index (κ3) is 2.19. The Balaban J connectivity index is 3.18. The van der Waals surface area contributed by atoms with Gasteiger partial charge in [0.25, 0.3) is 0 Å². The summed E-state index contributed by atoms with van der Waals surface area (Å²) in [6.07, 6.45) is 3.83. The molecule has 0 heterocycles. The van der Waals surface area contributed by atoms with Crippen LogP contribution in [0.3, 0.4) is 0 Å². The minimum atomic E-state index is -3.99. The molecule has 0 aliphatic heterocycles. The molecule has 0 aromatic carbocycles. The fourth-order valence-corrected chi connectivity index (χ4v) is 3.12. The van der Waals surface area contributed by atoms with Crippen molar-refractivity contribution in [3.05, 3.63) is 23.3 Å². The maximum atomic E-state index is 10.9. The van der Waals surface area contributed by atoms with E-state index in [1.165, 1.54) is 18.2 Å². The molecule has 1 rings (SSSR count). The van der Waals surface area contributed by atoms with Crippen molar-refractivity contribution >= 4 is 42.9 Å². The van der Waals surface area contributed by atoms with Crippen LogP contribution in [0.25, 0.3) is 0 Å². The molecule has 1 aliphatic carbocycles. The van der Waals surface area contributed by atoms with Crippen LogP contribution in [0, 0.1) is 0 Å². The lowest BCUT2D eigenvalue weighted by Gasteiger charge is -2.27. The summed E-state index contributed by atoms with van der Waals surface area (Å²) in [5, 5.41) is 5.71. The Morgan fingerprint density at radius 3 is 2.46 bits per heavy atom. The Morgan fingerprint density at radius 1 is 1.54 bits per heavy atom. The third-order valence-electron chi connectivity index (χ3n) is 1.54. The standard InChI is InChI=1S/C6H5Cl3O3S/c7-4-2-1-3-5(6(4,8)10)13(9,11)12/h1-3,5,10H. The second-order valence-corrected chi connectivity index (χ2v) is 6.20. The van der Waals surface area contributed by atoms with E-state index in [-0.39, 0.29) is 5.03 Å². The summed E-state index contributed by atoms with van der Waals surface area (Å²) in [5.74, 6) is 0. The molecule has 0 spiro atoms. The molecule has 13 heavy (non-hydrogen) atoms. The number of halogens is 3. The van der Waals surface area contributed by atoms with Gasteiger partial charge in [0.1, 0.15) is 5.25 Å². The molecule has 1 N–H and O–H groups in total. The quantitative estimate of drug-likeness (QED) is 0.577. The van der Waals surface area contributed by atoms with Crippen molar-refractivity contribution in [2.24, 2.45) is 0 Å². The van der Waals surface area contributed by atoms with E-state index < -0.39 is 19.4 Å². The summed E-state index contributed by atoms with van der Waals surface area (Å²) >= 11 is 11.0. The van der Waals surface area contributed by atoms with Gasteiger partial charge in [0.15, 0.2) is 5.06 Å². The maximum absolute atomic E-state index is 10.9. The van der Waals surface area contributed by atoms with Crippen LogP contribution in [0.1, 0.15) is 0 Å². The molecule has 3 nitrogen and oxygen atoms in total. The lowest BCUT2D eigenvalue weighted by Crippen LogP contribution is -2.40. The molecule has 0 bridgehead atoms. The van der Waals surface area contributed by atoms with Gasteiger partial charge in [-0.05, 0) is 6.08 Å². The summed E-state index contributed by atoms with van der Waals surface area (Å²) < 4.78 is 21.9. The number of hydrogen-bond acceptors (Lipinski definition) is 3. The molecule has 2 atom stereocenters. The van der Waals surface area contributed by atoms with Crippen molar-refractivity contribution in [3.63, 3.8) is 0 Å². The highest BCUT2D eigenvalue weighted by molar-refractivity contribution is 8.14. The monoisotopic (exact) mass is 262 g/mol. The SMILES string of the molecule is O=S(=O)(Cl)C1C=CC=C(Cl)C1(O)Cl. The molecule has 7 heteroatoms. The largest absolute Gasteiger partial charge is 0.369 e. The van der Waals surface area contributed by atoms with Crippen LogP contribution in [0.4, 0.5) is 0 Å². The molecule has 0 aromatic rings. The number of hydrogen-bond donors (Lipinski definition) is 1. The van der Waals surface area contributed by atoms with Crippen LogP contribution < -0.4 is 0 Å². The average Bonchev–Trinajstić information content (AvgIpc) is 1.92. The van der Waals surface area contributed by atoms with Gasteiger partial charge in [-0.3, -0.25) is 0 Å². The summed E-state index contributed by atoms with van der Waals surface area (Å²) in [6, 6.07) is 0. The molecule has 0 fully saturated rings. The van der Waals surface area contributed by atoms with Gasteiger partial charge in [0.05, 0.1) is 5.03 Å². The van der Waals surface area contributed by atoms with Crippen molar-refractivity contribution in [1.29, 1.82) is 0 Å². The smallest absolute Gasteiger partial charge is 0.243 e.